The third-order valence-corrected chi connectivity index (χ3v) is 2.84. The number of nitrogens with two attached hydrogens (primary N) is 1. The SMILES string of the molecule is NC(=S)NC(=O)c1cc([N+](=O)[O-])c(Br)c([N+](=O)[O-])c1. The number of hydrogen-bond donors (Lipinski definition) is 2. The highest BCUT2D eigenvalue weighted by molar-refractivity contribution is 9.10. The topological polar surface area (TPSA) is 141 Å². The van der Waals surface area contributed by atoms with Crippen molar-refractivity contribution in [2.75, 3.05) is 0 Å². The Kier molecular flexibility index (Phi) is 4.45. The maximum atomic E-state index is 11.6. The number of benzene rings is 1. The van der Waals surface area contributed by atoms with Crippen molar-refractivity contribution in [3.05, 3.63) is 42.4 Å². The maximum Gasteiger partial charge on any atom is 0.291 e. The Bertz CT molecular complexity index is 570. The Morgan fingerprint density at radius 3 is 2.00 bits per heavy atom. The molecule has 0 radical (unpaired) electrons. The molecule has 0 aliphatic carbocycles. The highest BCUT2D eigenvalue weighted by Crippen LogP contribution is 2.35. The van der Waals surface area contributed by atoms with E-state index in [1.54, 1.807) is 0 Å². The molecule has 0 heterocycles. The first-order chi connectivity index (χ1) is 8.73. The van der Waals surface area contributed by atoms with E-state index in [4.69, 9.17) is 5.73 Å². The molecule has 0 bridgehead atoms. The van der Waals surface area contributed by atoms with E-state index in [0.29, 0.717) is 0 Å². The van der Waals surface area contributed by atoms with Gasteiger partial charge in [-0.15, -0.1) is 0 Å². The molecular weight excluding hydrogens is 344 g/mol. The monoisotopic (exact) mass is 348 g/mol. The van der Waals surface area contributed by atoms with Gasteiger partial charge in [0.2, 0.25) is 0 Å². The van der Waals surface area contributed by atoms with Gasteiger partial charge >= 0.3 is 0 Å². The standard InChI is InChI=1S/C8H5BrN4O5S/c9-6-4(12(15)16)1-3(2-5(6)13(17)18)7(14)11-8(10)19/h1-2H,(H3,10,11,14,19). The molecule has 0 spiro atoms. The van der Waals surface area contributed by atoms with E-state index >= 15 is 0 Å². The van der Waals surface area contributed by atoms with Gasteiger partial charge in [0, 0.05) is 12.1 Å². The summed E-state index contributed by atoms with van der Waals surface area (Å²) in [6.45, 7) is 0. The number of amides is 1. The summed E-state index contributed by atoms with van der Waals surface area (Å²) in [5.41, 5.74) is 3.56. The minimum Gasteiger partial charge on any atom is -0.376 e. The lowest BCUT2D eigenvalue weighted by Gasteiger charge is -2.04. The highest BCUT2D eigenvalue weighted by Gasteiger charge is 2.26. The quantitative estimate of drug-likeness (QED) is 0.475. The zero-order valence-electron chi connectivity index (χ0n) is 8.95. The molecular formula is C8H5BrN4O5S. The molecule has 0 unspecified atom stereocenters. The van der Waals surface area contributed by atoms with Crippen LogP contribution in [0.5, 0.6) is 0 Å². The van der Waals surface area contributed by atoms with Crippen LogP contribution >= 0.6 is 28.1 Å². The molecule has 1 aromatic rings. The summed E-state index contributed by atoms with van der Waals surface area (Å²) in [5.74, 6) is -0.869. The van der Waals surface area contributed by atoms with Crippen LogP contribution in [0.4, 0.5) is 11.4 Å². The lowest BCUT2D eigenvalue weighted by Crippen LogP contribution is -2.34. The van der Waals surface area contributed by atoms with E-state index in [9.17, 15) is 25.0 Å². The van der Waals surface area contributed by atoms with Gasteiger partial charge < -0.3 is 5.73 Å². The molecule has 0 saturated heterocycles. The molecule has 3 N–H and O–H groups in total. The van der Waals surface area contributed by atoms with Crippen LogP contribution in [0, 0.1) is 20.2 Å². The number of rotatable bonds is 3. The number of halogens is 1. The fourth-order valence-electron chi connectivity index (χ4n) is 1.18. The normalized spacial score (nSPS) is 9.74. The molecule has 0 aliphatic heterocycles. The third kappa shape index (κ3) is 3.42. The molecule has 0 fully saturated rings. The molecule has 1 aromatic carbocycles. The van der Waals surface area contributed by atoms with Crippen LogP contribution in [0.3, 0.4) is 0 Å². The van der Waals surface area contributed by atoms with Crippen LogP contribution < -0.4 is 11.1 Å². The van der Waals surface area contributed by atoms with Crippen LogP contribution in [-0.4, -0.2) is 20.9 Å². The summed E-state index contributed by atoms with van der Waals surface area (Å²) in [6, 6.07) is 1.76. The van der Waals surface area contributed by atoms with Crippen LogP contribution in [-0.2, 0) is 0 Å². The van der Waals surface area contributed by atoms with Gasteiger partial charge in [-0.2, -0.15) is 0 Å². The molecule has 9 nitrogen and oxygen atoms in total. The number of nitro groups is 2. The second-order valence-corrected chi connectivity index (χ2v) is 4.39. The number of nitro benzene ring substituents is 2. The summed E-state index contributed by atoms with van der Waals surface area (Å²) >= 11 is 7.19. The van der Waals surface area contributed by atoms with E-state index in [0.717, 1.165) is 12.1 Å². The summed E-state index contributed by atoms with van der Waals surface area (Å²) in [5, 5.41) is 23.2. The molecule has 0 atom stereocenters. The van der Waals surface area contributed by atoms with Crippen molar-refractivity contribution >= 4 is 50.5 Å². The van der Waals surface area contributed by atoms with Gasteiger partial charge in [-0.25, -0.2) is 0 Å². The molecule has 19 heavy (non-hydrogen) atoms. The van der Waals surface area contributed by atoms with E-state index in [2.05, 4.69) is 28.1 Å². The number of carbonyl (C=O) groups is 1. The van der Waals surface area contributed by atoms with Gasteiger partial charge in [0.1, 0.15) is 0 Å². The predicted molar refractivity (Wildman–Crippen MR) is 71.7 cm³/mol. The van der Waals surface area contributed by atoms with E-state index in [-0.39, 0.29) is 15.1 Å². The summed E-state index contributed by atoms with van der Waals surface area (Å²) in [6.07, 6.45) is 0. The van der Waals surface area contributed by atoms with Crippen LogP contribution in [0.15, 0.2) is 16.6 Å². The van der Waals surface area contributed by atoms with Crippen LogP contribution in [0.1, 0.15) is 10.4 Å². The van der Waals surface area contributed by atoms with E-state index < -0.39 is 27.1 Å². The van der Waals surface area contributed by atoms with Crippen molar-refractivity contribution in [2.45, 2.75) is 0 Å². The third-order valence-electron chi connectivity index (χ3n) is 1.93. The van der Waals surface area contributed by atoms with Crippen molar-refractivity contribution in [3.8, 4) is 0 Å². The maximum absolute atomic E-state index is 11.6. The van der Waals surface area contributed by atoms with Gasteiger partial charge in [-0.3, -0.25) is 30.3 Å². The Hall–Kier alpha value is -2.14. The summed E-state index contributed by atoms with van der Waals surface area (Å²) in [4.78, 5) is 31.4. The fourth-order valence-corrected chi connectivity index (χ4v) is 1.79. The first-order valence-corrected chi connectivity index (χ1v) is 5.67. The number of thiocarbonyl (C=S) groups is 1. The second-order valence-electron chi connectivity index (χ2n) is 3.16. The van der Waals surface area contributed by atoms with Gasteiger partial charge in [0.15, 0.2) is 9.59 Å². The van der Waals surface area contributed by atoms with E-state index in [1.165, 1.54) is 0 Å². The molecule has 1 amide bonds. The molecule has 0 saturated carbocycles. The lowest BCUT2D eigenvalue weighted by atomic mass is 10.1. The van der Waals surface area contributed by atoms with Crippen LogP contribution in [0.2, 0.25) is 0 Å². The van der Waals surface area contributed by atoms with E-state index in [1.807, 2.05) is 5.32 Å². The predicted octanol–water partition coefficient (Wildman–Crippen LogP) is 1.24. The number of nitrogens with zero attached hydrogens (tertiary/aromatic N) is 2. The van der Waals surface area contributed by atoms with Crippen LogP contribution in [0.25, 0.3) is 0 Å². The van der Waals surface area contributed by atoms with Crippen molar-refractivity contribution in [3.63, 3.8) is 0 Å². The zero-order chi connectivity index (χ0) is 14.7. The molecule has 100 valence electrons. The zero-order valence-corrected chi connectivity index (χ0v) is 11.4. The summed E-state index contributed by atoms with van der Waals surface area (Å²) < 4.78 is -0.325. The molecule has 11 heteroatoms. The Labute approximate surface area is 119 Å². The molecule has 1 rings (SSSR count). The minimum atomic E-state index is -0.869. The number of hydrogen-bond acceptors (Lipinski definition) is 6. The first kappa shape index (κ1) is 14.9. The minimum absolute atomic E-state index is 0.297. The number of nitrogens with one attached hydrogen (secondary N) is 1. The molecule has 0 aromatic heterocycles. The average molecular weight is 349 g/mol. The van der Waals surface area contributed by atoms with Gasteiger partial charge in [-0.1, -0.05) is 0 Å². The first-order valence-electron chi connectivity index (χ1n) is 4.47. The van der Waals surface area contributed by atoms with Crippen molar-refractivity contribution in [2.24, 2.45) is 5.73 Å². The van der Waals surface area contributed by atoms with Gasteiger partial charge in [0.25, 0.3) is 17.3 Å². The van der Waals surface area contributed by atoms with Crippen molar-refractivity contribution in [1.29, 1.82) is 0 Å². The smallest absolute Gasteiger partial charge is 0.291 e. The second kappa shape index (κ2) is 5.67. The Balaban J connectivity index is 3.42. The number of carbonyl (C=O) groups excluding carboxylic acids is 1. The summed E-state index contributed by atoms with van der Waals surface area (Å²) in [7, 11) is 0. The largest absolute Gasteiger partial charge is 0.376 e. The van der Waals surface area contributed by atoms with Gasteiger partial charge in [-0.05, 0) is 28.1 Å². The highest BCUT2D eigenvalue weighted by atomic mass is 79.9. The van der Waals surface area contributed by atoms with Crippen molar-refractivity contribution in [1.82, 2.24) is 5.32 Å². The van der Waals surface area contributed by atoms with Crippen molar-refractivity contribution < 1.29 is 14.6 Å². The Morgan fingerprint density at radius 2 is 1.68 bits per heavy atom. The lowest BCUT2D eigenvalue weighted by molar-refractivity contribution is -0.395. The van der Waals surface area contributed by atoms with Gasteiger partial charge in [0.05, 0.1) is 15.4 Å². The average Bonchev–Trinajstić information content (AvgIpc) is 2.27. The Morgan fingerprint density at radius 1 is 1.26 bits per heavy atom. The molecule has 0 aliphatic rings. The fraction of sp³-hybridized carbons (Fsp3) is 0.